The van der Waals surface area contributed by atoms with Crippen LogP contribution in [0.2, 0.25) is 0 Å². The minimum Gasteiger partial charge on any atom is -0.467 e. The van der Waals surface area contributed by atoms with Gasteiger partial charge in [0.1, 0.15) is 5.76 Å². The molecule has 0 fully saturated rings. The third-order valence-electron chi connectivity index (χ3n) is 3.88. The fourth-order valence-electron chi connectivity index (χ4n) is 2.56. The van der Waals surface area contributed by atoms with Crippen molar-refractivity contribution in [2.24, 2.45) is 0 Å². The molecule has 1 aliphatic rings. The van der Waals surface area contributed by atoms with Crippen LogP contribution < -0.4 is 10.7 Å². The zero-order valence-corrected chi connectivity index (χ0v) is 14.2. The van der Waals surface area contributed by atoms with Gasteiger partial charge in [0.25, 0.3) is 5.91 Å². The molecule has 134 valence electrons. The smallest absolute Gasteiger partial charge is 0.416 e. The van der Waals surface area contributed by atoms with E-state index in [0.29, 0.717) is 5.76 Å². The van der Waals surface area contributed by atoms with Gasteiger partial charge in [0, 0.05) is 18.1 Å². The number of carbonyl (C=O) groups is 1. The first-order valence-electron chi connectivity index (χ1n) is 7.44. The molecule has 0 aromatic carbocycles. The van der Waals surface area contributed by atoms with Gasteiger partial charge < -0.3 is 14.7 Å². The van der Waals surface area contributed by atoms with Crippen LogP contribution in [0.25, 0.3) is 0 Å². The molecule has 3 heterocycles. The van der Waals surface area contributed by atoms with Gasteiger partial charge in [-0.25, -0.2) is 5.43 Å². The number of hydrogen-bond acceptors (Lipinski definition) is 5. The third-order valence-corrected chi connectivity index (χ3v) is 5.10. The second kappa shape index (κ2) is 6.23. The predicted molar refractivity (Wildman–Crippen MR) is 86.7 cm³/mol. The number of amides is 1. The first-order chi connectivity index (χ1) is 11.7. The van der Waals surface area contributed by atoms with Crippen molar-refractivity contribution >= 4 is 17.2 Å². The Kier molecular flexibility index (Phi) is 4.38. The Balaban J connectivity index is 1.82. The molecule has 1 amide bonds. The number of hydrazine groups is 1. The summed E-state index contributed by atoms with van der Waals surface area (Å²) >= 11 is 0.802. The lowest BCUT2D eigenvalue weighted by Gasteiger charge is -2.31. The Morgan fingerprint density at radius 2 is 2.16 bits per heavy atom. The zero-order valence-electron chi connectivity index (χ0n) is 13.4. The van der Waals surface area contributed by atoms with E-state index in [9.17, 15) is 18.0 Å². The van der Waals surface area contributed by atoms with Crippen molar-refractivity contribution in [3.8, 4) is 0 Å². The molecule has 5 nitrogen and oxygen atoms in total. The van der Waals surface area contributed by atoms with Gasteiger partial charge in [-0.15, -0.1) is 11.3 Å². The van der Waals surface area contributed by atoms with Crippen LogP contribution in [-0.4, -0.2) is 24.1 Å². The Labute approximate surface area is 146 Å². The first-order valence-corrected chi connectivity index (χ1v) is 8.26. The van der Waals surface area contributed by atoms with Crippen LogP contribution in [0.1, 0.15) is 33.3 Å². The standard InChI is InChI=1S/C16H16F3N3O2S/c1-10(11-4-3-9-24-11)20-14(23)12-5-6-13(25-12)15(16(17,18)19)7-8-22(2)21-15/h3-10,21H,1-2H3,(H,20,23). The summed E-state index contributed by atoms with van der Waals surface area (Å²) in [5.74, 6) is 0.117. The maximum Gasteiger partial charge on any atom is 0.416 e. The maximum atomic E-state index is 13.6. The van der Waals surface area contributed by atoms with Crippen LogP contribution in [0, 0.1) is 0 Å². The van der Waals surface area contributed by atoms with Crippen LogP contribution in [0.15, 0.2) is 47.2 Å². The van der Waals surface area contributed by atoms with E-state index in [1.807, 2.05) is 0 Å². The molecule has 2 unspecified atom stereocenters. The number of thiophene rings is 1. The number of carbonyl (C=O) groups excluding carboxylic acids is 1. The highest BCUT2D eigenvalue weighted by molar-refractivity contribution is 7.14. The van der Waals surface area contributed by atoms with Crippen LogP contribution in [0.3, 0.4) is 0 Å². The molecule has 0 saturated carbocycles. The molecule has 0 spiro atoms. The predicted octanol–water partition coefficient (Wildman–Crippen LogP) is 3.55. The van der Waals surface area contributed by atoms with Crippen molar-refractivity contribution in [2.45, 2.75) is 24.7 Å². The van der Waals surface area contributed by atoms with Crippen LogP contribution >= 0.6 is 11.3 Å². The molecule has 2 N–H and O–H groups in total. The molecule has 2 aromatic heterocycles. The highest BCUT2D eigenvalue weighted by Gasteiger charge is 2.57. The van der Waals surface area contributed by atoms with E-state index in [0.717, 1.165) is 17.4 Å². The van der Waals surface area contributed by atoms with Crippen molar-refractivity contribution in [3.05, 3.63) is 58.3 Å². The van der Waals surface area contributed by atoms with Crippen molar-refractivity contribution in [1.82, 2.24) is 15.8 Å². The second-order valence-electron chi connectivity index (χ2n) is 5.72. The number of hydrogen-bond donors (Lipinski definition) is 2. The molecular weight excluding hydrogens is 355 g/mol. The van der Waals surface area contributed by atoms with Gasteiger partial charge >= 0.3 is 6.18 Å². The van der Waals surface area contributed by atoms with E-state index in [1.54, 1.807) is 19.1 Å². The topological polar surface area (TPSA) is 57.5 Å². The largest absolute Gasteiger partial charge is 0.467 e. The summed E-state index contributed by atoms with van der Waals surface area (Å²) in [5, 5.41) is 3.95. The molecule has 2 atom stereocenters. The normalized spacial score (nSPS) is 21.6. The minimum absolute atomic E-state index is 0.00333. The summed E-state index contributed by atoms with van der Waals surface area (Å²) in [6.07, 6.45) is -0.699. The Bertz CT molecular complexity index is 785. The monoisotopic (exact) mass is 371 g/mol. The quantitative estimate of drug-likeness (QED) is 0.863. The van der Waals surface area contributed by atoms with Gasteiger partial charge in [0.2, 0.25) is 0 Å². The molecule has 0 radical (unpaired) electrons. The number of rotatable bonds is 4. The van der Waals surface area contributed by atoms with E-state index in [4.69, 9.17) is 4.42 Å². The molecule has 0 bridgehead atoms. The van der Waals surface area contributed by atoms with E-state index < -0.39 is 17.6 Å². The number of nitrogens with one attached hydrogen (secondary N) is 2. The molecule has 3 rings (SSSR count). The molecule has 2 aromatic rings. The number of nitrogens with zero attached hydrogens (tertiary/aromatic N) is 1. The van der Waals surface area contributed by atoms with Crippen LogP contribution in [0.4, 0.5) is 13.2 Å². The van der Waals surface area contributed by atoms with Crippen molar-refractivity contribution < 1.29 is 22.4 Å². The van der Waals surface area contributed by atoms with E-state index in [1.165, 1.54) is 36.7 Å². The Hall–Kier alpha value is -2.26. The lowest BCUT2D eigenvalue weighted by molar-refractivity contribution is -0.189. The number of furan rings is 1. The molecule has 9 heteroatoms. The van der Waals surface area contributed by atoms with E-state index in [-0.39, 0.29) is 15.8 Å². The fourth-order valence-corrected chi connectivity index (χ4v) is 3.61. The highest BCUT2D eigenvalue weighted by atomic mass is 32.1. The summed E-state index contributed by atoms with van der Waals surface area (Å²) in [4.78, 5) is 12.5. The molecular formula is C16H16F3N3O2S. The van der Waals surface area contributed by atoms with Crippen LogP contribution in [0.5, 0.6) is 0 Å². The van der Waals surface area contributed by atoms with Gasteiger partial charge in [-0.05, 0) is 37.3 Å². The minimum atomic E-state index is -4.55. The van der Waals surface area contributed by atoms with Gasteiger partial charge in [0.15, 0.2) is 5.54 Å². The summed E-state index contributed by atoms with van der Waals surface area (Å²) in [6, 6.07) is 5.74. The average Bonchev–Trinajstić information content (AvgIpc) is 3.26. The van der Waals surface area contributed by atoms with Gasteiger partial charge in [-0.2, -0.15) is 13.2 Å². The molecule has 1 aliphatic heterocycles. The number of halogens is 3. The summed E-state index contributed by atoms with van der Waals surface area (Å²) in [6.45, 7) is 1.73. The maximum absolute atomic E-state index is 13.6. The Morgan fingerprint density at radius 3 is 2.72 bits per heavy atom. The van der Waals surface area contributed by atoms with E-state index >= 15 is 0 Å². The molecule has 0 aliphatic carbocycles. The van der Waals surface area contributed by atoms with Gasteiger partial charge in [-0.1, -0.05) is 0 Å². The number of alkyl halides is 3. The molecule has 0 saturated heterocycles. The summed E-state index contributed by atoms with van der Waals surface area (Å²) < 4.78 is 46.1. The van der Waals surface area contributed by atoms with Crippen LogP contribution in [-0.2, 0) is 5.54 Å². The lowest BCUT2D eigenvalue weighted by Crippen LogP contribution is -2.52. The zero-order chi connectivity index (χ0) is 18.2. The molecule has 25 heavy (non-hydrogen) atoms. The first kappa shape index (κ1) is 17.6. The fraction of sp³-hybridized carbons (Fsp3) is 0.312. The SMILES string of the molecule is CC(NC(=O)c1ccc(C2(C(F)(F)F)C=CN(C)N2)s1)c1ccco1. The van der Waals surface area contributed by atoms with Crippen molar-refractivity contribution in [3.63, 3.8) is 0 Å². The Morgan fingerprint density at radius 1 is 1.40 bits per heavy atom. The van der Waals surface area contributed by atoms with Gasteiger partial charge in [0.05, 0.1) is 17.2 Å². The van der Waals surface area contributed by atoms with Gasteiger partial charge in [-0.3, -0.25) is 4.79 Å². The highest BCUT2D eigenvalue weighted by Crippen LogP contribution is 2.45. The lowest BCUT2D eigenvalue weighted by atomic mass is 9.98. The van der Waals surface area contributed by atoms with Crippen molar-refractivity contribution in [1.29, 1.82) is 0 Å². The third kappa shape index (κ3) is 3.16. The summed E-state index contributed by atoms with van der Waals surface area (Å²) in [7, 11) is 1.48. The summed E-state index contributed by atoms with van der Waals surface area (Å²) in [5.41, 5.74) is 0.0781. The van der Waals surface area contributed by atoms with Crippen molar-refractivity contribution in [2.75, 3.05) is 7.05 Å². The average molecular weight is 371 g/mol. The van der Waals surface area contributed by atoms with E-state index in [2.05, 4.69) is 10.7 Å². The second-order valence-corrected chi connectivity index (χ2v) is 6.80.